The fraction of sp³-hybridized carbons (Fsp3) is 0.320. The van der Waals surface area contributed by atoms with E-state index in [1.807, 2.05) is 36.4 Å². The number of carboxylic acids is 1. The van der Waals surface area contributed by atoms with Crippen molar-refractivity contribution in [1.82, 2.24) is 9.03 Å². The third-order valence-corrected chi connectivity index (χ3v) is 7.76. The molecule has 1 atom stereocenters. The van der Waals surface area contributed by atoms with Crippen molar-refractivity contribution in [2.24, 2.45) is 0 Å². The molecule has 0 aliphatic carbocycles. The van der Waals surface area contributed by atoms with Crippen LogP contribution in [0.4, 0.5) is 0 Å². The summed E-state index contributed by atoms with van der Waals surface area (Å²) in [5.74, 6) is -0.155. The molecule has 0 amide bonds. The number of rotatable bonds is 8. The molecule has 0 bridgehead atoms. The van der Waals surface area contributed by atoms with Crippen molar-refractivity contribution in [2.45, 2.75) is 38.3 Å². The lowest BCUT2D eigenvalue weighted by Gasteiger charge is -2.32. The van der Waals surface area contributed by atoms with E-state index in [1.54, 1.807) is 0 Å². The van der Waals surface area contributed by atoms with Crippen LogP contribution < -0.4 is 9.46 Å². The molecule has 0 spiro atoms. The highest BCUT2D eigenvalue weighted by molar-refractivity contribution is 7.87. The number of nitrogens with zero attached hydrogens (tertiary/aromatic N) is 1. The van der Waals surface area contributed by atoms with Crippen molar-refractivity contribution in [3.8, 4) is 5.75 Å². The van der Waals surface area contributed by atoms with Crippen LogP contribution in [0.1, 0.15) is 36.8 Å². The van der Waals surface area contributed by atoms with Crippen LogP contribution in [-0.2, 0) is 21.6 Å². The minimum absolute atomic E-state index is 0.253. The molecule has 3 aromatic rings. The first-order valence-electron chi connectivity index (χ1n) is 11.0. The Hall–Kier alpha value is -2.94. The molecule has 2 N–H and O–H groups in total. The Morgan fingerprint density at radius 2 is 1.73 bits per heavy atom. The van der Waals surface area contributed by atoms with Crippen molar-refractivity contribution in [3.05, 3.63) is 77.9 Å². The molecule has 4 rings (SSSR count). The van der Waals surface area contributed by atoms with Gasteiger partial charge >= 0.3 is 5.97 Å². The topological polar surface area (TPSA) is 95.9 Å². The van der Waals surface area contributed by atoms with E-state index >= 15 is 0 Å². The Morgan fingerprint density at radius 3 is 2.39 bits per heavy atom. The van der Waals surface area contributed by atoms with Crippen LogP contribution in [-0.4, -0.2) is 42.9 Å². The van der Waals surface area contributed by atoms with E-state index in [1.165, 1.54) is 22.0 Å². The van der Waals surface area contributed by atoms with Crippen LogP contribution >= 0.6 is 0 Å². The van der Waals surface area contributed by atoms with E-state index in [4.69, 9.17) is 9.84 Å². The zero-order chi connectivity index (χ0) is 23.4. The third kappa shape index (κ3) is 5.71. The van der Waals surface area contributed by atoms with E-state index < -0.39 is 22.2 Å². The highest BCUT2D eigenvalue weighted by Crippen LogP contribution is 2.30. The first kappa shape index (κ1) is 23.2. The maximum Gasteiger partial charge on any atom is 0.321 e. The first-order valence-corrected chi connectivity index (χ1v) is 12.5. The summed E-state index contributed by atoms with van der Waals surface area (Å²) in [6.45, 7) is 2.51. The van der Waals surface area contributed by atoms with Gasteiger partial charge in [0.25, 0.3) is 10.2 Å². The number of hydrogen-bond donors (Lipinski definition) is 2. The van der Waals surface area contributed by atoms with Gasteiger partial charge in [0.05, 0.1) is 0 Å². The Kier molecular flexibility index (Phi) is 6.97. The zero-order valence-corrected chi connectivity index (χ0v) is 19.3. The molecule has 33 heavy (non-hydrogen) atoms. The maximum atomic E-state index is 12.4. The average Bonchev–Trinajstić information content (AvgIpc) is 2.82. The van der Waals surface area contributed by atoms with Crippen molar-refractivity contribution in [1.29, 1.82) is 0 Å². The number of aliphatic carboxylic acids is 1. The Morgan fingerprint density at radius 1 is 1.06 bits per heavy atom. The summed E-state index contributed by atoms with van der Waals surface area (Å²) in [6, 6.07) is 21.4. The summed E-state index contributed by atoms with van der Waals surface area (Å²) in [7, 11) is -3.80. The van der Waals surface area contributed by atoms with Crippen molar-refractivity contribution in [2.75, 3.05) is 13.1 Å². The fourth-order valence-electron chi connectivity index (χ4n) is 4.11. The number of carboxylic acid groups (broad SMARTS) is 1. The molecule has 1 heterocycles. The number of hydrogen-bond acceptors (Lipinski definition) is 4. The second-order valence-electron chi connectivity index (χ2n) is 8.40. The Labute approximate surface area is 194 Å². The van der Waals surface area contributed by atoms with E-state index in [0.29, 0.717) is 32.5 Å². The molecule has 0 aromatic heterocycles. The van der Waals surface area contributed by atoms with E-state index in [0.717, 1.165) is 16.9 Å². The molecule has 7 nitrogen and oxygen atoms in total. The van der Waals surface area contributed by atoms with Gasteiger partial charge in [-0.05, 0) is 65.8 Å². The lowest BCUT2D eigenvalue weighted by Crippen LogP contribution is -2.49. The molecule has 0 saturated carbocycles. The minimum Gasteiger partial charge on any atom is -0.489 e. The first-order chi connectivity index (χ1) is 15.8. The number of benzene rings is 3. The molecular weight excluding hydrogens is 440 g/mol. The predicted octanol–water partition coefficient (Wildman–Crippen LogP) is 3.91. The molecule has 174 valence electrons. The van der Waals surface area contributed by atoms with Gasteiger partial charge in [0.2, 0.25) is 0 Å². The summed E-state index contributed by atoms with van der Waals surface area (Å²) in [6.07, 6.45) is 1.36. The highest BCUT2D eigenvalue weighted by atomic mass is 32.2. The monoisotopic (exact) mass is 468 g/mol. The van der Waals surface area contributed by atoms with E-state index in [2.05, 4.69) is 35.1 Å². The maximum absolute atomic E-state index is 12.4. The van der Waals surface area contributed by atoms with E-state index in [-0.39, 0.29) is 5.92 Å². The van der Waals surface area contributed by atoms with Gasteiger partial charge in [0, 0.05) is 13.1 Å². The van der Waals surface area contributed by atoms with Gasteiger partial charge in [-0.2, -0.15) is 17.4 Å². The number of ether oxygens (including phenoxy) is 1. The van der Waals surface area contributed by atoms with Crippen molar-refractivity contribution < 1.29 is 23.1 Å². The Bertz CT molecular complexity index is 1220. The second-order valence-corrected chi connectivity index (χ2v) is 10.1. The van der Waals surface area contributed by atoms with Gasteiger partial charge in [-0.3, -0.25) is 4.79 Å². The van der Waals surface area contributed by atoms with Crippen molar-refractivity contribution in [3.63, 3.8) is 0 Å². The molecule has 1 aliphatic rings. The molecule has 8 heteroatoms. The fourth-order valence-corrected chi connectivity index (χ4v) is 5.50. The molecule has 1 saturated heterocycles. The van der Waals surface area contributed by atoms with Gasteiger partial charge in [0.15, 0.2) is 0 Å². The summed E-state index contributed by atoms with van der Waals surface area (Å²) < 4.78 is 34.3. The summed E-state index contributed by atoms with van der Waals surface area (Å²) in [5, 5.41) is 11.3. The smallest absolute Gasteiger partial charge is 0.321 e. The lowest BCUT2D eigenvalue weighted by atomic mass is 9.90. The van der Waals surface area contributed by atoms with Crippen LogP contribution in [0.3, 0.4) is 0 Å². The van der Waals surface area contributed by atoms with Gasteiger partial charge in [-0.1, -0.05) is 48.5 Å². The Balaban J connectivity index is 1.31. The van der Waals surface area contributed by atoms with Gasteiger partial charge in [0.1, 0.15) is 18.4 Å². The normalized spacial score (nSPS) is 16.5. The van der Waals surface area contributed by atoms with Crippen LogP contribution in [0.5, 0.6) is 5.75 Å². The van der Waals surface area contributed by atoms with Crippen LogP contribution in [0.15, 0.2) is 66.7 Å². The lowest BCUT2D eigenvalue weighted by molar-refractivity contribution is -0.138. The molecule has 0 unspecified atom stereocenters. The molecule has 0 radical (unpaired) electrons. The number of piperidine rings is 1. The molecule has 3 aromatic carbocycles. The molecular formula is C25H28N2O5S. The summed E-state index contributed by atoms with van der Waals surface area (Å²) in [4.78, 5) is 10.9. The third-order valence-electron chi connectivity index (χ3n) is 6.06. The number of nitrogens with one attached hydrogen (secondary N) is 1. The number of carbonyl (C=O) groups is 1. The SMILES string of the molecule is C[C@@H](NS(=O)(=O)N1CCC(c2ccc(OCc3ccc4ccccc4c3)cc2)CC1)C(=O)O. The van der Waals surface area contributed by atoms with Gasteiger partial charge in [-0.15, -0.1) is 0 Å². The zero-order valence-electron chi connectivity index (χ0n) is 18.5. The quantitative estimate of drug-likeness (QED) is 0.523. The summed E-state index contributed by atoms with van der Waals surface area (Å²) in [5.41, 5.74) is 2.26. The highest BCUT2D eigenvalue weighted by Gasteiger charge is 2.30. The molecule has 1 aliphatic heterocycles. The molecule has 1 fully saturated rings. The van der Waals surface area contributed by atoms with Gasteiger partial charge < -0.3 is 9.84 Å². The standard InChI is InChI=1S/C25H28N2O5S/c1-18(25(28)29)26-33(30,31)27-14-12-22(13-15-27)21-8-10-24(11-9-21)32-17-19-6-7-20-4-2-3-5-23(20)16-19/h2-11,16,18,22,26H,12-15,17H2,1H3,(H,28,29)/t18-/m1/s1. The predicted molar refractivity (Wildman–Crippen MR) is 127 cm³/mol. The van der Waals surface area contributed by atoms with E-state index in [9.17, 15) is 13.2 Å². The van der Waals surface area contributed by atoms with Crippen LogP contribution in [0.2, 0.25) is 0 Å². The van der Waals surface area contributed by atoms with Crippen LogP contribution in [0, 0.1) is 0 Å². The average molecular weight is 469 g/mol. The van der Waals surface area contributed by atoms with Crippen molar-refractivity contribution >= 4 is 27.0 Å². The minimum atomic E-state index is -3.80. The second kappa shape index (κ2) is 9.91. The van der Waals surface area contributed by atoms with Crippen LogP contribution in [0.25, 0.3) is 10.8 Å². The number of fused-ring (bicyclic) bond motifs is 1. The summed E-state index contributed by atoms with van der Waals surface area (Å²) >= 11 is 0. The van der Waals surface area contributed by atoms with Gasteiger partial charge in [-0.25, -0.2) is 0 Å². The largest absolute Gasteiger partial charge is 0.489 e.